The number of nitrogens with one attached hydrogen (secondary N) is 1. The summed E-state index contributed by atoms with van der Waals surface area (Å²) in [4.78, 5) is 10.7. The predicted molar refractivity (Wildman–Crippen MR) is 48.7 cm³/mol. The SMILES string of the molecule is CC(C)(OC1CCCNC1)C(=O)O. The Morgan fingerprint density at radius 1 is 1.62 bits per heavy atom. The summed E-state index contributed by atoms with van der Waals surface area (Å²) >= 11 is 0. The lowest BCUT2D eigenvalue weighted by atomic mass is 10.1. The second-order valence-electron chi connectivity index (χ2n) is 3.90. The first-order valence-electron chi connectivity index (χ1n) is 4.64. The highest BCUT2D eigenvalue weighted by Crippen LogP contribution is 2.16. The van der Waals surface area contributed by atoms with Gasteiger partial charge in [0.15, 0.2) is 5.60 Å². The van der Waals surface area contributed by atoms with Gasteiger partial charge < -0.3 is 15.2 Å². The molecular weight excluding hydrogens is 170 g/mol. The molecule has 0 aromatic carbocycles. The van der Waals surface area contributed by atoms with Crippen molar-refractivity contribution >= 4 is 5.97 Å². The van der Waals surface area contributed by atoms with Crippen LogP contribution in [0.25, 0.3) is 0 Å². The zero-order valence-corrected chi connectivity index (χ0v) is 8.17. The monoisotopic (exact) mass is 187 g/mol. The highest BCUT2D eigenvalue weighted by Gasteiger charge is 2.31. The van der Waals surface area contributed by atoms with Crippen molar-refractivity contribution in [1.82, 2.24) is 5.32 Å². The maximum Gasteiger partial charge on any atom is 0.335 e. The summed E-state index contributed by atoms with van der Waals surface area (Å²) in [6.07, 6.45) is 2.05. The van der Waals surface area contributed by atoms with E-state index in [1.807, 2.05) is 0 Å². The molecule has 0 amide bonds. The highest BCUT2D eigenvalue weighted by molar-refractivity contribution is 5.76. The van der Waals surface area contributed by atoms with Crippen LogP contribution in [0.1, 0.15) is 26.7 Å². The van der Waals surface area contributed by atoms with E-state index >= 15 is 0 Å². The van der Waals surface area contributed by atoms with Gasteiger partial charge in [0.05, 0.1) is 6.10 Å². The van der Waals surface area contributed by atoms with Gasteiger partial charge in [0.2, 0.25) is 0 Å². The Kier molecular flexibility index (Phi) is 3.27. The van der Waals surface area contributed by atoms with Crippen LogP contribution in [0.3, 0.4) is 0 Å². The van der Waals surface area contributed by atoms with Gasteiger partial charge in [0.25, 0.3) is 0 Å². The molecule has 0 radical (unpaired) electrons. The van der Waals surface area contributed by atoms with Crippen molar-refractivity contribution in [2.75, 3.05) is 13.1 Å². The van der Waals surface area contributed by atoms with Gasteiger partial charge in [-0.15, -0.1) is 0 Å². The van der Waals surface area contributed by atoms with E-state index in [0.717, 1.165) is 25.9 Å². The minimum absolute atomic E-state index is 0.0415. The quantitative estimate of drug-likeness (QED) is 0.680. The molecule has 0 spiro atoms. The molecule has 0 bridgehead atoms. The summed E-state index contributed by atoms with van der Waals surface area (Å²) in [5, 5.41) is 12.0. The molecule has 1 unspecified atom stereocenters. The molecule has 0 aliphatic carbocycles. The first-order chi connectivity index (χ1) is 6.02. The Labute approximate surface area is 78.3 Å². The van der Waals surface area contributed by atoms with Crippen LogP contribution < -0.4 is 5.32 Å². The molecule has 1 heterocycles. The van der Waals surface area contributed by atoms with E-state index in [4.69, 9.17) is 9.84 Å². The van der Waals surface area contributed by atoms with E-state index in [1.165, 1.54) is 0 Å². The lowest BCUT2D eigenvalue weighted by Gasteiger charge is -2.30. The Morgan fingerprint density at radius 3 is 2.77 bits per heavy atom. The molecule has 4 nitrogen and oxygen atoms in total. The third-order valence-electron chi connectivity index (χ3n) is 2.23. The third-order valence-corrected chi connectivity index (χ3v) is 2.23. The number of carboxylic acid groups (broad SMARTS) is 1. The highest BCUT2D eigenvalue weighted by atomic mass is 16.5. The normalized spacial score (nSPS) is 24.3. The predicted octanol–water partition coefficient (Wildman–Crippen LogP) is 0.618. The van der Waals surface area contributed by atoms with E-state index in [-0.39, 0.29) is 6.10 Å². The lowest BCUT2D eigenvalue weighted by molar-refractivity contribution is -0.169. The van der Waals surface area contributed by atoms with Gasteiger partial charge >= 0.3 is 5.97 Å². The summed E-state index contributed by atoms with van der Waals surface area (Å²) in [6, 6.07) is 0. The fourth-order valence-corrected chi connectivity index (χ4v) is 1.39. The van der Waals surface area contributed by atoms with E-state index in [0.29, 0.717) is 0 Å². The van der Waals surface area contributed by atoms with Crippen molar-refractivity contribution in [3.05, 3.63) is 0 Å². The van der Waals surface area contributed by atoms with Gasteiger partial charge in [-0.2, -0.15) is 0 Å². The second kappa shape index (κ2) is 4.07. The number of aliphatic carboxylic acids is 1. The molecule has 1 fully saturated rings. The number of hydrogen-bond donors (Lipinski definition) is 2. The van der Waals surface area contributed by atoms with Gasteiger partial charge in [-0.1, -0.05) is 0 Å². The molecular formula is C9H17NO3. The van der Waals surface area contributed by atoms with Crippen molar-refractivity contribution in [2.24, 2.45) is 0 Å². The molecule has 1 aliphatic rings. The van der Waals surface area contributed by atoms with E-state index in [2.05, 4.69) is 5.32 Å². The van der Waals surface area contributed by atoms with Gasteiger partial charge in [-0.25, -0.2) is 4.79 Å². The molecule has 4 heteroatoms. The first kappa shape index (κ1) is 10.5. The molecule has 1 aliphatic heterocycles. The zero-order valence-electron chi connectivity index (χ0n) is 8.17. The van der Waals surface area contributed by atoms with Crippen molar-refractivity contribution in [3.8, 4) is 0 Å². The summed E-state index contributed by atoms with van der Waals surface area (Å²) in [5.41, 5.74) is -1.07. The fourth-order valence-electron chi connectivity index (χ4n) is 1.39. The van der Waals surface area contributed by atoms with Crippen LogP contribution in [0.4, 0.5) is 0 Å². The van der Waals surface area contributed by atoms with Gasteiger partial charge in [-0.05, 0) is 33.2 Å². The summed E-state index contributed by atoms with van der Waals surface area (Å²) in [7, 11) is 0. The molecule has 0 aromatic rings. The van der Waals surface area contributed by atoms with Crippen molar-refractivity contribution < 1.29 is 14.6 Å². The summed E-state index contributed by atoms with van der Waals surface area (Å²) in [5.74, 6) is -0.905. The Hall–Kier alpha value is -0.610. The van der Waals surface area contributed by atoms with Gasteiger partial charge in [0, 0.05) is 6.54 Å². The van der Waals surface area contributed by atoms with Crippen LogP contribution in [-0.4, -0.2) is 35.9 Å². The maximum absolute atomic E-state index is 10.7. The summed E-state index contributed by atoms with van der Waals surface area (Å²) < 4.78 is 5.48. The molecule has 2 N–H and O–H groups in total. The minimum atomic E-state index is -1.07. The van der Waals surface area contributed by atoms with Crippen molar-refractivity contribution in [2.45, 2.75) is 38.4 Å². The van der Waals surface area contributed by atoms with Gasteiger partial charge in [0.1, 0.15) is 0 Å². The molecule has 1 atom stereocenters. The lowest BCUT2D eigenvalue weighted by Crippen LogP contribution is -2.44. The Bertz CT molecular complexity index is 185. The largest absolute Gasteiger partial charge is 0.479 e. The zero-order chi connectivity index (χ0) is 9.90. The second-order valence-corrected chi connectivity index (χ2v) is 3.90. The summed E-state index contributed by atoms with van der Waals surface area (Å²) in [6.45, 7) is 4.94. The number of piperidine rings is 1. The molecule has 76 valence electrons. The standard InChI is InChI=1S/C9H17NO3/c1-9(2,8(11)12)13-7-4-3-5-10-6-7/h7,10H,3-6H2,1-2H3,(H,11,12). The number of ether oxygens (including phenoxy) is 1. The Balaban J connectivity index is 2.41. The molecule has 13 heavy (non-hydrogen) atoms. The van der Waals surface area contributed by atoms with Crippen molar-refractivity contribution in [1.29, 1.82) is 0 Å². The Morgan fingerprint density at radius 2 is 2.31 bits per heavy atom. The van der Waals surface area contributed by atoms with Crippen molar-refractivity contribution in [3.63, 3.8) is 0 Å². The number of carbonyl (C=O) groups is 1. The maximum atomic E-state index is 10.7. The molecule has 1 rings (SSSR count). The smallest absolute Gasteiger partial charge is 0.335 e. The first-order valence-corrected chi connectivity index (χ1v) is 4.64. The van der Waals surface area contributed by atoms with Crippen LogP contribution in [0.5, 0.6) is 0 Å². The van der Waals surface area contributed by atoms with E-state index in [9.17, 15) is 4.79 Å². The van der Waals surface area contributed by atoms with Crippen LogP contribution in [0.2, 0.25) is 0 Å². The average molecular weight is 187 g/mol. The average Bonchev–Trinajstić information content (AvgIpc) is 2.05. The molecule has 0 aromatic heterocycles. The number of rotatable bonds is 3. The topological polar surface area (TPSA) is 58.6 Å². The molecule has 1 saturated heterocycles. The molecule has 0 saturated carbocycles. The van der Waals surface area contributed by atoms with Crippen LogP contribution in [0.15, 0.2) is 0 Å². The number of hydrogen-bond acceptors (Lipinski definition) is 3. The fraction of sp³-hybridized carbons (Fsp3) is 0.889. The van der Waals surface area contributed by atoms with Gasteiger partial charge in [-0.3, -0.25) is 0 Å². The minimum Gasteiger partial charge on any atom is -0.479 e. The third kappa shape index (κ3) is 2.97. The van der Waals surface area contributed by atoms with Crippen LogP contribution in [-0.2, 0) is 9.53 Å². The van der Waals surface area contributed by atoms with Crippen LogP contribution in [0, 0.1) is 0 Å². The van der Waals surface area contributed by atoms with E-state index < -0.39 is 11.6 Å². The van der Waals surface area contributed by atoms with E-state index in [1.54, 1.807) is 13.8 Å². The number of carboxylic acids is 1. The van der Waals surface area contributed by atoms with Crippen LogP contribution >= 0.6 is 0 Å².